The van der Waals surface area contributed by atoms with Crippen LogP contribution in [0.1, 0.15) is 10.6 Å². The van der Waals surface area contributed by atoms with Crippen LogP contribution in [0.3, 0.4) is 0 Å². The van der Waals surface area contributed by atoms with Gasteiger partial charge < -0.3 is 19.4 Å². The van der Waals surface area contributed by atoms with Crippen molar-refractivity contribution >= 4 is 11.9 Å². The minimum Gasteiger partial charge on any atom is -0.463 e. The van der Waals surface area contributed by atoms with E-state index in [1.165, 1.54) is 19.2 Å². The Hall–Kier alpha value is -2.24. The van der Waals surface area contributed by atoms with E-state index >= 15 is 0 Å². The van der Waals surface area contributed by atoms with E-state index in [4.69, 9.17) is 10.2 Å². The van der Waals surface area contributed by atoms with Crippen LogP contribution in [0.25, 0.3) is 11.5 Å². The molecule has 0 radical (unpaired) electrons. The third-order valence-corrected chi connectivity index (χ3v) is 1.77. The average Bonchev–Trinajstić information content (AvgIpc) is 2.84. The number of anilines is 1. The number of nitrogen functional groups attached to an aromatic ring is 1. The highest BCUT2D eigenvalue weighted by Gasteiger charge is 2.14. The summed E-state index contributed by atoms with van der Waals surface area (Å²) in [7, 11) is 1.28. The van der Waals surface area contributed by atoms with Gasteiger partial charge >= 0.3 is 5.97 Å². The largest absolute Gasteiger partial charge is 0.463 e. The monoisotopic (exact) mass is 208 g/mol. The molecule has 0 bridgehead atoms. The van der Waals surface area contributed by atoms with Gasteiger partial charge in [-0.2, -0.15) is 0 Å². The van der Waals surface area contributed by atoms with Crippen molar-refractivity contribution in [1.82, 2.24) is 5.16 Å². The van der Waals surface area contributed by atoms with E-state index in [1.807, 2.05) is 0 Å². The summed E-state index contributed by atoms with van der Waals surface area (Å²) in [6.07, 6.45) is 0. The maximum Gasteiger partial charge on any atom is 0.373 e. The molecule has 78 valence electrons. The van der Waals surface area contributed by atoms with Gasteiger partial charge in [0.15, 0.2) is 11.5 Å². The van der Waals surface area contributed by atoms with Gasteiger partial charge in [0, 0.05) is 6.07 Å². The van der Waals surface area contributed by atoms with Crippen molar-refractivity contribution in [3.63, 3.8) is 0 Å². The number of rotatable bonds is 2. The van der Waals surface area contributed by atoms with Gasteiger partial charge in [0.25, 0.3) is 0 Å². The van der Waals surface area contributed by atoms with Crippen LogP contribution in [-0.2, 0) is 4.74 Å². The van der Waals surface area contributed by atoms with Crippen LogP contribution in [0.5, 0.6) is 0 Å². The molecule has 0 atom stereocenters. The van der Waals surface area contributed by atoms with Crippen LogP contribution >= 0.6 is 0 Å². The van der Waals surface area contributed by atoms with E-state index in [9.17, 15) is 4.79 Å². The second-order valence-corrected chi connectivity index (χ2v) is 2.77. The van der Waals surface area contributed by atoms with E-state index in [0.29, 0.717) is 11.5 Å². The Morgan fingerprint density at radius 2 is 2.33 bits per heavy atom. The van der Waals surface area contributed by atoms with Crippen molar-refractivity contribution in [3.05, 3.63) is 24.0 Å². The third kappa shape index (κ3) is 1.69. The number of nitrogens with two attached hydrogens (primary N) is 1. The number of methoxy groups -OCH3 is 1. The van der Waals surface area contributed by atoms with Crippen molar-refractivity contribution in [2.24, 2.45) is 0 Å². The first-order chi connectivity index (χ1) is 7.20. The predicted molar refractivity (Wildman–Crippen MR) is 50.0 cm³/mol. The number of hydrogen-bond donors (Lipinski definition) is 1. The van der Waals surface area contributed by atoms with Gasteiger partial charge in [0.1, 0.15) is 0 Å². The molecule has 2 aromatic rings. The molecule has 2 aromatic heterocycles. The molecule has 0 aliphatic heterocycles. The molecule has 0 saturated heterocycles. The summed E-state index contributed by atoms with van der Waals surface area (Å²) in [6, 6.07) is 4.58. The number of esters is 1. The molecule has 0 fully saturated rings. The summed E-state index contributed by atoms with van der Waals surface area (Å²) >= 11 is 0. The van der Waals surface area contributed by atoms with Crippen LogP contribution < -0.4 is 5.73 Å². The van der Waals surface area contributed by atoms with Crippen LogP contribution in [0.4, 0.5) is 5.88 Å². The van der Waals surface area contributed by atoms with Crippen molar-refractivity contribution < 1.29 is 18.5 Å². The Bertz CT molecular complexity index is 486. The Balaban J connectivity index is 2.31. The second-order valence-electron chi connectivity index (χ2n) is 2.77. The molecule has 6 nitrogen and oxygen atoms in total. The van der Waals surface area contributed by atoms with Gasteiger partial charge in [-0.25, -0.2) is 4.79 Å². The maximum atomic E-state index is 11.1. The van der Waals surface area contributed by atoms with Crippen molar-refractivity contribution in [2.75, 3.05) is 12.8 Å². The lowest BCUT2D eigenvalue weighted by atomic mass is 10.3. The quantitative estimate of drug-likeness (QED) is 0.748. The zero-order chi connectivity index (χ0) is 10.8. The topological polar surface area (TPSA) is 91.5 Å². The van der Waals surface area contributed by atoms with E-state index in [-0.39, 0.29) is 11.6 Å². The van der Waals surface area contributed by atoms with Crippen molar-refractivity contribution in [1.29, 1.82) is 0 Å². The molecule has 0 amide bonds. The average molecular weight is 208 g/mol. The predicted octanol–water partition coefficient (Wildman–Crippen LogP) is 1.30. The van der Waals surface area contributed by atoms with Crippen molar-refractivity contribution in [2.45, 2.75) is 0 Å². The molecule has 0 aliphatic carbocycles. The highest BCUT2D eigenvalue weighted by Crippen LogP contribution is 2.22. The highest BCUT2D eigenvalue weighted by atomic mass is 16.5. The van der Waals surface area contributed by atoms with Crippen molar-refractivity contribution in [3.8, 4) is 11.5 Å². The summed E-state index contributed by atoms with van der Waals surface area (Å²) in [4.78, 5) is 11.1. The molecule has 2 rings (SSSR count). The molecule has 6 heteroatoms. The number of nitrogens with zero attached hydrogens (tertiary/aromatic N) is 1. The molecular weight excluding hydrogens is 200 g/mol. The molecule has 0 saturated carbocycles. The number of furan rings is 1. The lowest BCUT2D eigenvalue weighted by molar-refractivity contribution is 0.0566. The fourth-order valence-electron chi connectivity index (χ4n) is 1.09. The van der Waals surface area contributed by atoms with Crippen LogP contribution in [0, 0.1) is 0 Å². The lowest BCUT2D eigenvalue weighted by Crippen LogP contribution is -1.98. The number of aromatic nitrogens is 1. The van der Waals surface area contributed by atoms with Crippen LogP contribution in [-0.4, -0.2) is 18.2 Å². The Labute approximate surface area is 84.6 Å². The van der Waals surface area contributed by atoms with E-state index < -0.39 is 5.97 Å². The minimum atomic E-state index is -0.544. The van der Waals surface area contributed by atoms with E-state index in [1.54, 1.807) is 6.07 Å². The second kappa shape index (κ2) is 3.49. The summed E-state index contributed by atoms with van der Waals surface area (Å²) < 4.78 is 14.3. The third-order valence-electron chi connectivity index (χ3n) is 1.77. The standard InChI is InChI=1S/C9H8N2O4/c1-13-9(12)7-3-2-6(14-7)5-4-8(10)15-11-5/h2-4H,10H2,1H3. The fourth-order valence-corrected chi connectivity index (χ4v) is 1.09. The highest BCUT2D eigenvalue weighted by molar-refractivity contribution is 5.86. The first kappa shape index (κ1) is 9.32. The molecule has 0 aromatic carbocycles. The van der Waals surface area contributed by atoms with E-state index in [2.05, 4.69) is 14.4 Å². The summed E-state index contributed by atoms with van der Waals surface area (Å²) in [5, 5.41) is 3.64. The SMILES string of the molecule is COC(=O)c1ccc(-c2cc(N)on2)o1. The smallest absolute Gasteiger partial charge is 0.373 e. The number of ether oxygens (including phenoxy) is 1. The summed E-state index contributed by atoms with van der Waals surface area (Å²) in [6.45, 7) is 0. The molecule has 2 N–H and O–H groups in total. The first-order valence-corrected chi connectivity index (χ1v) is 4.11. The Morgan fingerprint density at radius 3 is 2.93 bits per heavy atom. The van der Waals surface area contributed by atoms with Crippen LogP contribution in [0.15, 0.2) is 27.1 Å². The first-order valence-electron chi connectivity index (χ1n) is 4.11. The molecule has 0 aliphatic rings. The summed E-state index contributed by atoms with van der Waals surface area (Å²) in [5.41, 5.74) is 5.78. The minimum absolute atomic E-state index is 0.106. The van der Waals surface area contributed by atoms with Crippen LogP contribution in [0.2, 0.25) is 0 Å². The van der Waals surface area contributed by atoms with E-state index in [0.717, 1.165) is 0 Å². The Morgan fingerprint density at radius 1 is 1.53 bits per heavy atom. The molecule has 15 heavy (non-hydrogen) atoms. The van der Waals surface area contributed by atoms with Gasteiger partial charge in [0.05, 0.1) is 7.11 Å². The maximum absolute atomic E-state index is 11.1. The molecule has 0 unspecified atom stereocenters. The summed E-state index contributed by atoms with van der Waals surface area (Å²) in [5.74, 6) is 0.142. The molecule has 2 heterocycles. The zero-order valence-electron chi connectivity index (χ0n) is 7.89. The van der Waals surface area contributed by atoms with Gasteiger partial charge in [-0.05, 0) is 12.1 Å². The number of carbonyl (C=O) groups is 1. The van der Waals surface area contributed by atoms with Gasteiger partial charge in [-0.1, -0.05) is 5.16 Å². The molecule has 0 spiro atoms. The van der Waals surface area contributed by atoms with Gasteiger partial charge in [0.2, 0.25) is 11.6 Å². The fraction of sp³-hybridized carbons (Fsp3) is 0.111. The Kier molecular flexibility index (Phi) is 2.17. The lowest BCUT2D eigenvalue weighted by Gasteiger charge is -1.92. The van der Waals surface area contributed by atoms with Gasteiger partial charge in [-0.15, -0.1) is 0 Å². The number of carbonyl (C=O) groups excluding carboxylic acids is 1. The normalized spacial score (nSPS) is 10.2. The number of hydrogen-bond acceptors (Lipinski definition) is 6. The van der Waals surface area contributed by atoms with Gasteiger partial charge in [-0.3, -0.25) is 0 Å². The molecular formula is C9H8N2O4. The zero-order valence-corrected chi connectivity index (χ0v) is 7.89.